The van der Waals surface area contributed by atoms with Crippen LogP contribution in [0.3, 0.4) is 0 Å². The fourth-order valence-electron chi connectivity index (χ4n) is 2.75. The van der Waals surface area contributed by atoms with Crippen LogP contribution in [0.4, 0.5) is 13.2 Å². The minimum atomic E-state index is -4.61. The van der Waals surface area contributed by atoms with Gasteiger partial charge in [0.15, 0.2) is 0 Å². The molecule has 1 aromatic rings. The predicted molar refractivity (Wildman–Crippen MR) is 64.2 cm³/mol. The molecular weight excluding hydrogens is 281 g/mol. The summed E-state index contributed by atoms with van der Waals surface area (Å²) < 4.78 is 39.2. The molecule has 0 radical (unpaired) electrons. The van der Waals surface area contributed by atoms with E-state index in [9.17, 15) is 23.1 Å². The minimum Gasteiger partial charge on any atom is -0.481 e. The molecule has 1 aliphatic carbocycles. The van der Waals surface area contributed by atoms with Gasteiger partial charge >= 0.3 is 12.1 Å². The second-order valence-electron chi connectivity index (χ2n) is 4.78. The van der Waals surface area contributed by atoms with Crippen molar-refractivity contribution >= 4 is 17.6 Å². The van der Waals surface area contributed by atoms with Gasteiger partial charge in [-0.1, -0.05) is 30.5 Å². The average molecular weight is 293 g/mol. The number of carboxylic acid groups (broad SMARTS) is 1. The summed E-state index contributed by atoms with van der Waals surface area (Å²) >= 11 is 5.61. The van der Waals surface area contributed by atoms with E-state index in [0.29, 0.717) is 12.8 Å². The SMILES string of the molecule is O=C(O)C1(c2ccc(Cl)cc2C(F)(F)F)CCCC1. The van der Waals surface area contributed by atoms with Gasteiger partial charge in [-0.05, 0) is 30.5 Å². The third-order valence-corrected chi connectivity index (χ3v) is 3.90. The number of halogens is 4. The van der Waals surface area contributed by atoms with Crippen LogP contribution in [0.25, 0.3) is 0 Å². The number of aliphatic carboxylic acids is 1. The van der Waals surface area contributed by atoms with E-state index in [2.05, 4.69) is 0 Å². The normalized spacial score (nSPS) is 18.5. The summed E-state index contributed by atoms with van der Waals surface area (Å²) in [5.74, 6) is -1.20. The quantitative estimate of drug-likeness (QED) is 0.884. The van der Waals surface area contributed by atoms with E-state index in [0.717, 1.165) is 6.07 Å². The van der Waals surface area contributed by atoms with Crippen LogP contribution < -0.4 is 0 Å². The number of hydrogen-bond acceptors (Lipinski definition) is 1. The van der Waals surface area contributed by atoms with Gasteiger partial charge in [-0.3, -0.25) is 4.79 Å². The molecule has 6 heteroatoms. The fraction of sp³-hybridized carbons (Fsp3) is 0.462. The van der Waals surface area contributed by atoms with Crippen LogP contribution in [-0.4, -0.2) is 11.1 Å². The summed E-state index contributed by atoms with van der Waals surface area (Å²) in [4.78, 5) is 11.5. The number of alkyl halides is 3. The first-order valence-corrected chi connectivity index (χ1v) is 6.26. The Labute approximate surface area is 113 Å². The van der Waals surface area contributed by atoms with E-state index in [4.69, 9.17) is 11.6 Å². The van der Waals surface area contributed by atoms with Crippen LogP contribution in [0.5, 0.6) is 0 Å². The van der Waals surface area contributed by atoms with E-state index in [1.807, 2.05) is 0 Å². The lowest BCUT2D eigenvalue weighted by Gasteiger charge is -2.27. The van der Waals surface area contributed by atoms with Crippen molar-refractivity contribution in [1.82, 2.24) is 0 Å². The molecule has 1 aliphatic rings. The highest BCUT2D eigenvalue weighted by atomic mass is 35.5. The monoisotopic (exact) mass is 292 g/mol. The van der Waals surface area contributed by atoms with E-state index in [1.54, 1.807) is 0 Å². The van der Waals surface area contributed by atoms with Gasteiger partial charge in [-0.15, -0.1) is 0 Å². The Kier molecular flexibility index (Phi) is 3.51. The standard InChI is InChI=1S/C13H12ClF3O2/c14-8-3-4-9(10(7-8)13(15,16)17)12(11(18)19)5-1-2-6-12/h3-4,7H,1-2,5-6H2,(H,18,19). The molecule has 1 saturated carbocycles. The lowest BCUT2D eigenvalue weighted by atomic mass is 9.76. The Balaban J connectivity index is 2.64. The highest BCUT2D eigenvalue weighted by Crippen LogP contribution is 2.46. The molecule has 0 aliphatic heterocycles. The molecular formula is C13H12ClF3O2. The maximum Gasteiger partial charge on any atom is 0.416 e. The van der Waals surface area contributed by atoms with Gasteiger partial charge in [0.05, 0.1) is 11.0 Å². The fourth-order valence-corrected chi connectivity index (χ4v) is 2.92. The number of carbonyl (C=O) groups is 1. The number of carboxylic acids is 1. The van der Waals surface area contributed by atoms with Crippen molar-refractivity contribution in [3.8, 4) is 0 Å². The maximum atomic E-state index is 13.1. The molecule has 0 amide bonds. The molecule has 0 unspecified atom stereocenters. The molecule has 0 aromatic heterocycles. The molecule has 1 N–H and O–H groups in total. The molecule has 2 rings (SSSR count). The molecule has 19 heavy (non-hydrogen) atoms. The summed E-state index contributed by atoms with van der Waals surface area (Å²) in [5.41, 5.74) is -2.55. The van der Waals surface area contributed by atoms with E-state index in [-0.39, 0.29) is 23.4 Å². The van der Waals surface area contributed by atoms with Crippen LogP contribution in [-0.2, 0) is 16.4 Å². The van der Waals surface area contributed by atoms with Crippen molar-refractivity contribution in [2.45, 2.75) is 37.3 Å². The summed E-state index contributed by atoms with van der Waals surface area (Å²) in [6.07, 6.45) is -2.91. The largest absolute Gasteiger partial charge is 0.481 e. The van der Waals surface area contributed by atoms with Gasteiger partial charge in [-0.2, -0.15) is 13.2 Å². The number of benzene rings is 1. The third kappa shape index (κ3) is 2.43. The van der Waals surface area contributed by atoms with Gasteiger partial charge in [0, 0.05) is 5.02 Å². The van der Waals surface area contributed by atoms with Gasteiger partial charge in [0.1, 0.15) is 0 Å². The van der Waals surface area contributed by atoms with Crippen LogP contribution >= 0.6 is 11.6 Å². The Morgan fingerprint density at radius 1 is 1.26 bits per heavy atom. The minimum absolute atomic E-state index is 0.0467. The summed E-state index contributed by atoms with van der Waals surface area (Å²) in [7, 11) is 0. The smallest absolute Gasteiger partial charge is 0.416 e. The lowest BCUT2D eigenvalue weighted by Crippen LogP contribution is -2.35. The average Bonchev–Trinajstić information content (AvgIpc) is 2.78. The van der Waals surface area contributed by atoms with Crippen molar-refractivity contribution < 1.29 is 23.1 Å². The number of rotatable bonds is 2. The molecule has 1 aromatic carbocycles. The van der Waals surface area contributed by atoms with Gasteiger partial charge in [0.25, 0.3) is 0 Å². The van der Waals surface area contributed by atoms with E-state index >= 15 is 0 Å². The first-order valence-electron chi connectivity index (χ1n) is 5.88. The zero-order valence-corrected chi connectivity index (χ0v) is 10.7. The molecule has 104 valence electrons. The van der Waals surface area contributed by atoms with E-state index < -0.39 is 23.1 Å². The van der Waals surface area contributed by atoms with Crippen LogP contribution in [0.1, 0.15) is 36.8 Å². The van der Waals surface area contributed by atoms with Crippen molar-refractivity contribution in [2.24, 2.45) is 0 Å². The summed E-state index contributed by atoms with van der Waals surface area (Å²) in [6, 6.07) is 3.32. The Hall–Kier alpha value is -1.23. The van der Waals surface area contributed by atoms with Crippen LogP contribution in [0.15, 0.2) is 18.2 Å². The molecule has 0 spiro atoms. The Morgan fingerprint density at radius 2 is 1.84 bits per heavy atom. The summed E-state index contributed by atoms with van der Waals surface area (Å²) in [6.45, 7) is 0. The third-order valence-electron chi connectivity index (χ3n) is 3.67. The Morgan fingerprint density at radius 3 is 2.32 bits per heavy atom. The maximum absolute atomic E-state index is 13.1. The van der Waals surface area contributed by atoms with Crippen molar-refractivity contribution in [3.63, 3.8) is 0 Å². The van der Waals surface area contributed by atoms with Gasteiger partial charge < -0.3 is 5.11 Å². The van der Waals surface area contributed by atoms with Crippen LogP contribution in [0.2, 0.25) is 5.02 Å². The zero-order chi connectivity index (χ0) is 14.3. The van der Waals surface area contributed by atoms with Crippen LogP contribution in [0, 0.1) is 0 Å². The zero-order valence-electron chi connectivity index (χ0n) is 9.93. The van der Waals surface area contributed by atoms with Crippen molar-refractivity contribution in [3.05, 3.63) is 34.3 Å². The lowest BCUT2D eigenvalue weighted by molar-refractivity contribution is -0.146. The molecule has 1 fully saturated rings. The Bertz CT molecular complexity index is 505. The summed E-state index contributed by atoms with van der Waals surface area (Å²) in [5, 5.41) is 9.33. The predicted octanol–water partition coefficient (Wildman–Crippen LogP) is 4.26. The molecule has 0 atom stereocenters. The molecule has 0 heterocycles. The number of hydrogen-bond donors (Lipinski definition) is 1. The second kappa shape index (κ2) is 4.71. The second-order valence-corrected chi connectivity index (χ2v) is 5.22. The van der Waals surface area contributed by atoms with E-state index in [1.165, 1.54) is 12.1 Å². The first kappa shape index (κ1) is 14.2. The van der Waals surface area contributed by atoms with Crippen molar-refractivity contribution in [1.29, 1.82) is 0 Å². The molecule has 2 nitrogen and oxygen atoms in total. The highest BCUT2D eigenvalue weighted by molar-refractivity contribution is 6.30. The van der Waals surface area contributed by atoms with Gasteiger partial charge in [0.2, 0.25) is 0 Å². The highest BCUT2D eigenvalue weighted by Gasteiger charge is 2.48. The first-order chi connectivity index (χ1) is 8.77. The topological polar surface area (TPSA) is 37.3 Å². The van der Waals surface area contributed by atoms with Gasteiger partial charge in [-0.25, -0.2) is 0 Å². The van der Waals surface area contributed by atoms with Crippen molar-refractivity contribution in [2.75, 3.05) is 0 Å². The molecule has 0 saturated heterocycles. The molecule has 0 bridgehead atoms.